The minimum absolute atomic E-state index is 0.0505. The van der Waals surface area contributed by atoms with Crippen LogP contribution in [0.2, 0.25) is 0 Å². The standard InChI is InChI=1S/C19H24F2N4O2/c1-3-22-19(24-11-16-13(2)5-4-10-23-16)25-12-17(26)14-6-8-15(9-7-14)27-18(20)21/h4-10,17-18,26H,3,11-12H2,1-2H3,(H2,22,24,25). The Bertz CT molecular complexity index is 739. The van der Waals surface area contributed by atoms with Gasteiger partial charge in [-0.1, -0.05) is 18.2 Å². The molecule has 1 atom stereocenters. The van der Waals surface area contributed by atoms with Gasteiger partial charge in [0.1, 0.15) is 5.75 Å². The van der Waals surface area contributed by atoms with Gasteiger partial charge in [0.15, 0.2) is 5.96 Å². The summed E-state index contributed by atoms with van der Waals surface area (Å²) in [5.41, 5.74) is 2.52. The molecule has 0 spiro atoms. The van der Waals surface area contributed by atoms with Crippen molar-refractivity contribution >= 4 is 5.96 Å². The number of benzene rings is 1. The van der Waals surface area contributed by atoms with Crippen LogP contribution < -0.4 is 15.4 Å². The monoisotopic (exact) mass is 378 g/mol. The van der Waals surface area contributed by atoms with Gasteiger partial charge in [-0.3, -0.25) is 4.98 Å². The molecule has 2 aromatic rings. The number of nitrogens with zero attached hydrogens (tertiary/aromatic N) is 2. The zero-order valence-corrected chi connectivity index (χ0v) is 15.3. The quantitative estimate of drug-likeness (QED) is 0.486. The van der Waals surface area contributed by atoms with Gasteiger partial charge in [-0.05, 0) is 43.2 Å². The van der Waals surface area contributed by atoms with Gasteiger partial charge < -0.3 is 20.5 Å². The van der Waals surface area contributed by atoms with Gasteiger partial charge in [0.2, 0.25) is 0 Å². The summed E-state index contributed by atoms with van der Waals surface area (Å²) >= 11 is 0. The van der Waals surface area contributed by atoms with Gasteiger partial charge in [-0.2, -0.15) is 8.78 Å². The summed E-state index contributed by atoms with van der Waals surface area (Å²) in [6.45, 7) is 2.34. The molecule has 27 heavy (non-hydrogen) atoms. The number of ether oxygens (including phenoxy) is 1. The molecule has 1 unspecified atom stereocenters. The van der Waals surface area contributed by atoms with E-state index in [1.165, 1.54) is 12.1 Å². The number of hydrogen-bond acceptors (Lipinski definition) is 4. The number of aliphatic imine (C=N–C) groups is 1. The van der Waals surface area contributed by atoms with Gasteiger partial charge in [0.25, 0.3) is 0 Å². The molecule has 0 aliphatic rings. The minimum Gasteiger partial charge on any atom is -0.435 e. The number of nitrogens with one attached hydrogen (secondary N) is 2. The van der Waals surface area contributed by atoms with E-state index < -0.39 is 12.7 Å². The Balaban J connectivity index is 1.94. The highest BCUT2D eigenvalue weighted by molar-refractivity contribution is 5.79. The molecule has 0 amide bonds. The summed E-state index contributed by atoms with van der Waals surface area (Å²) in [4.78, 5) is 8.78. The van der Waals surface area contributed by atoms with Crippen LogP contribution in [0, 0.1) is 6.92 Å². The molecule has 1 heterocycles. The number of aryl methyl sites for hydroxylation is 1. The number of hydrogen-bond donors (Lipinski definition) is 3. The molecule has 0 aliphatic heterocycles. The van der Waals surface area contributed by atoms with E-state index in [0.717, 1.165) is 11.3 Å². The van der Waals surface area contributed by atoms with E-state index in [4.69, 9.17) is 0 Å². The van der Waals surface area contributed by atoms with Crippen LogP contribution in [-0.2, 0) is 6.54 Å². The molecule has 146 valence electrons. The van der Waals surface area contributed by atoms with E-state index in [-0.39, 0.29) is 12.3 Å². The van der Waals surface area contributed by atoms with E-state index in [1.807, 2.05) is 26.0 Å². The van der Waals surface area contributed by atoms with Crippen LogP contribution in [-0.4, -0.2) is 35.8 Å². The van der Waals surface area contributed by atoms with Crippen molar-refractivity contribution < 1.29 is 18.6 Å². The number of aliphatic hydroxyl groups is 1. The van der Waals surface area contributed by atoms with Gasteiger partial charge in [0, 0.05) is 19.3 Å². The van der Waals surface area contributed by atoms with E-state index in [9.17, 15) is 13.9 Å². The van der Waals surface area contributed by atoms with Crippen LogP contribution in [0.3, 0.4) is 0 Å². The molecule has 0 saturated heterocycles. The molecule has 0 fully saturated rings. The SMILES string of the molecule is CCNC(=NCc1ncccc1C)NCC(O)c1ccc(OC(F)F)cc1. The van der Waals surface area contributed by atoms with Crippen LogP contribution in [0.15, 0.2) is 47.6 Å². The van der Waals surface area contributed by atoms with E-state index >= 15 is 0 Å². The summed E-state index contributed by atoms with van der Waals surface area (Å²) in [7, 11) is 0. The summed E-state index contributed by atoms with van der Waals surface area (Å²) in [6.07, 6.45) is 0.898. The second kappa shape index (κ2) is 10.4. The third-order valence-electron chi connectivity index (χ3n) is 3.80. The van der Waals surface area contributed by atoms with E-state index in [1.54, 1.807) is 18.3 Å². The lowest BCUT2D eigenvalue weighted by Crippen LogP contribution is -2.39. The first-order valence-corrected chi connectivity index (χ1v) is 8.65. The number of halogens is 2. The Morgan fingerprint density at radius 2 is 1.96 bits per heavy atom. The van der Waals surface area contributed by atoms with Crippen LogP contribution in [0.1, 0.15) is 29.8 Å². The Labute approximate surface area is 157 Å². The lowest BCUT2D eigenvalue weighted by molar-refractivity contribution is -0.0498. The molecule has 0 bridgehead atoms. The highest BCUT2D eigenvalue weighted by Crippen LogP contribution is 2.19. The second-order valence-electron chi connectivity index (χ2n) is 5.81. The van der Waals surface area contributed by atoms with Crippen molar-refractivity contribution in [1.82, 2.24) is 15.6 Å². The smallest absolute Gasteiger partial charge is 0.387 e. The maximum absolute atomic E-state index is 12.2. The van der Waals surface area contributed by atoms with Crippen molar-refractivity contribution in [2.45, 2.75) is 33.1 Å². The molecule has 0 saturated carbocycles. The normalized spacial score (nSPS) is 12.7. The predicted molar refractivity (Wildman–Crippen MR) is 99.8 cm³/mol. The Morgan fingerprint density at radius 1 is 1.22 bits per heavy atom. The molecule has 3 N–H and O–H groups in total. The molecule has 1 aromatic heterocycles. The van der Waals surface area contributed by atoms with Crippen molar-refractivity contribution in [2.24, 2.45) is 4.99 Å². The first-order valence-electron chi connectivity index (χ1n) is 8.65. The van der Waals surface area contributed by atoms with Gasteiger partial charge in [-0.25, -0.2) is 4.99 Å². The van der Waals surface area contributed by atoms with E-state index in [0.29, 0.717) is 24.6 Å². The fourth-order valence-corrected chi connectivity index (χ4v) is 2.36. The van der Waals surface area contributed by atoms with Crippen molar-refractivity contribution in [2.75, 3.05) is 13.1 Å². The third kappa shape index (κ3) is 6.82. The zero-order valence-electron chi connectivity index (χ0n) is 15.3. The maximum Gasteiger partial charge on any atom is 0.387 e. The molecule has 1 aromatic carbocycles. The van der Waals surface area contributed by atoms with Crippen LogP contribution in [0.5, 0.6) is 5.75 Å². The number of aromatic nitrogens is 1. The number of alkyl halides is 2. The Kier molecular flexibility index (Phi) is 7.94. The van der Waals surface area contributed by atoms with Crippen LogP contribution in [0.25, 0.3) is 0 Å². The maximum atomic E-state index is 12.2. The summed E-state index contributed by atoms with van der Waals surface area (Å²) in [5.74, 6) is 0.605. The number of rotatable bonds is 8. The van der Waals surface area contributed by atoms with Crippen molar-refractivity contribution in [3.8, 4) is 5.75 Å². The van der Waals surface area contributed by atoms with E-state index in [2.05, 4.69) is 25.3 Å². The van der Waals surface area contributed by atoms with Crippen LogP contribution >= 0.6 is 0 Å². The highest BCUT2D eigenvalue weighted by atomic mass is 19.3. The lowest BCUT2D eigenvalue weighted by atomic mass is 10.1. The van der Waals surface area contributed by atoms with Gasteiger partial charge >= 0.3 is 6.61 Å². The van der Waals surface area contributed by atoms with Gasteiger partial charge in [0.05, 0.1) is 18.3 Å². The Morgan fingerprint density at radius 3 is 2.59 bits per heavy atom. The average molecular weight is 378 g/mol. The average Bonchev–Trinajstić information content (AvgIpc) is 2.65. The zero-order chi connectivity index (χ0) is 19.6. The molecule has 0 radical (unpaired) electrons. The number of pyridine rings is 1. The van der Waals surface area contributed by atoms with Crippen molar-refractivity contribution in [3.05, 3.63) is 59.4 Å². The molecular formula is C19H24F2N4O2. The fourth-order valence-electron chi connectivity index (χ4n) is 2.36. The highest BCUT2D eigenvalue weighted by Gasteiger charge is 2.10. The summed E-state index contributed by atoms with van der Waals surface area (Å²) in [5, 5.41) is 16.5. The lowest BCUT2D eigenvalue weighted by Gasteiger charge is -2.16. The molecular weight excluding hydrogens is 354 g/mol. The largest absolute Gasteiger partial charge is 0.435 e. The molecule has 6 nitrogen and oxygen atoms in total. The van der Waals surface area contributed by atoms with Crippen LogP contribution in [0.4, 0.5) is 8.78 Å². The first-order chi connectivity index (χ1) is 13.0. The second-order valence-corrected chi connectivity index (χ2v) is 5.81. The topological polar surface area (TPSA) is 78.8 Å². The predicted octanol–water partition coefficient (Wildman–Crippen LogP) is 2.78. The van der Waals surface area contributed by atoms with Crippen molar-refractivity contribution in [3.63, 3.8) is 0 Å². The molecule has 2 rings (SSSR count). The fraction of sp³-hybridized carbons (Fsp3) is 0.368. The third-order valence-corrected chi connectivity index (χ3v) is 3.80. The van der Waals surface area contributed by atoms with Gasteiger partial charge in [-0.15, -0.1) is 0 Å². The number of aliphatic hydroxyl groups excluding tert-OH is 1. The summed E-state index contributed by atoms with van der Waals surface area (Å²) < 4.78 is 28.6. The first kappa shape index (κ1) is 20.6. The van der Waals surface area contributed by atoms with Crippen molar-refractivity contribution in [1.29, 1.82) is 0 Å². The minimum atomic E-state index is -2.87. The molecule has 8 heteroatoms. The summed E-state index contributed by atoms with van der Waals surface area (Å²) in [6, 6.07) is 9.74. The molecule has 0 aliphatic carbocycles. The number of guanidine groups is 1. The Hall–Kier alpha value is -2.74.